The molecule has 0 aromatic heterocycles. The van der Waals surface area contributed by atoms with Crippen LogP contribution in [0.5, 0.6) is 0 Å². The number of amides is 1. The molecule has 0 aliphatic rings. The minimum absolute atomic E-state index is 0.121. The second-order valence-electron chi connectivity index (χ2n) is 7.13. The Morgan fingerprint density at radius 1 is 0.871 bits per heavy atom. The van der Waals surface area contributed by atoms with Crippen molar-refractivity contribution in [3.63, 3.8) is 0 Å². The average Bonchev–Trinajstić information content (AvgIpc) is 2.78. The fourth-order valence-corrected chi connectivity index (χ4v) is 3.51. The monoisotopic (exact) mass is 481 g/mol. The number of aryl methyl sites for hydroxylation is 1. The largest absolute Gasteiger partial charge is 0.459 e. The second-order valence-corrected chi connectivity index (χ2v) is 8.04. The molecule has 1 atom stereocenters. The first-order valence-corrected chi connectivity index (χ1v) is 10.7. The number of halogens is 1. The maximum absolute atomic E-state index is 12.8. The number of carbonyl (C=O) groups excluding carboxylic acids is 2. The highest BCUT2D eigenvalue weighted by Crippen LogP contribution is 2.18. The summed E-state index contributed by atoms with van der Waals surface area (Å²) in [6, 6.07) is 23.7. The lowest BCUT2D eigenvalue weighted by molar-refractivity contribution is -0.147. The fraction of sp³-hybridized carbons (Fsp3) is 0.200. The first-order chi connectivity index (χ1) is 15.0. The first kappa shape index (κ1) is 22.6. The molecule has 0 bridgehead atoms. The van der Waals surface area contributed by atoms with Crippen LogP contribution in [-0.4, -0.2) is 18.1 Å². The van der Waals surface area contributed by atoms with Crippen LogP contribution in [0.1, 0.15) is 22.3 Å². The molecule has 5 nitrogen and oxygen atoms in total. The van der Waals surface area contributed by atoms with Gasteiger partial charge in [0.1, 0.15) is 19.3 Å². The minimum Gasteiger partial charge on any atom is -0.459 e. The average molecular weight is 482 g/mol. The van der Waals surface area contributed by atoms with E-state index in [-0.39, 0.29) is 13.2 Å². The zero-order valence-electron chi connectivity index (χ0n) is 17.2. The van der Waals surface area contributed by atoms with Gasteiger partial charge < -0.3 is 14.8 Å². The van der Waals surface area contributed by atoms with Gasteiger partial charge in [0.05, 0.1) is 0 Å². The summed E-state index contributed by atoms with van der Waals surface area (Å²) in [6.07, 6.45) is -0.368. The van der Waals surface area contributed by atoms with Crippen molar-refractivity contribution >= 4 is 28.0 Å². The van der Waals surface area contributed by atoms with Crippen LogP contribution < -0.4 is 5.32 Å². The van der Waals surface area contributed by atoms with Crippen molar-refractivity contribution in [1.82, 2.24) is 5.32 Å². The van der Waals surface area contributed by atoms with E-state index in [4.69, 9.17) is 9.47 Å². The van der Waals surface area contributed by atoms with Gasteiger partial charge in [-0.1, -0.05) is 82.7 Å². The molecule has 0 fully saturated rings. The van der Waals surface area contributed by atoms with Gasteiger partial charge in [-0.2, -0.15) is 0 Å². The van der Waals surface area contributed by atoms with Crippen molar-refractivity contribution in [2.45, 2.75) is 32.6 Å². The van der Waals surface area contributed by atoms with E-state index in [1.165, 1.54) is 0 Å². The van der Waals surface area contributed by atoms with Gasteiger partial charge in [-0.25, -0.2) is 9.59 Å². The van der Waals surface area contributed by atoms with E-state index in [0.29, 0.717) is 6.42 Å². The number of hydrogen-bond acceptors (Lipinski definition) is 4. The zero-order chi connectivity index (χ0) is 22.1. The molecule has 3 rings (SSSR count). The van der Waals surface area contributed by atoms with Crippen molar-refractivity contribution in [2.24, 2.45) is 0 Å². The number of ether oxygens (including phenoxy) is 2. The predicted octanol–water partition coefficient (Wildman–Crippen LogP) is 5.34. The van der Waals surface area contributed by atoms with Crippen LogP contribution in [0.3, 0.4) is 0 Å². The lowest BCUT2D eigenvalue weighted by atomic mass is 10.0. The number of carbonyl (C=O) groups is 2. The SMILES string of the molecule is Cc1cc(Br)ccc1CC(NC(=O)OCc1ccccc1)C(=O)OCc1ccccc1. The Morgan fingerprint density at radius 3 is 2.03 bits per heavy atom. The van der Waals surface area contributed by atoms with Gasteiger partial charge >= 0.3 is 12.1 Å². The van der Waals surface area contributed by atoms with E-state index in [2.05, 4.69) is 21.2 Å². The molecule has 1 unspecified atom stereocenters. The Morgan fingerprint density at radius 2 is 1.45 bits per heavy atom. The van der Waals surface area contributed by atoms with Crippen LogP contribution in [0.2, 0.25) is 0 Å². The lowest BCUT2D eigenvalue weighted by Crippen LogP contribution is -2.43. The van der Waals surface area contributed by atoms with Crippen LogP contribution in [0.4, 0.5) is 4.79 Å². The van der Waals surface area contributed by atoms with Gasteiger partial charge in [0.2, 0.25) is 0 Å². The Balaban J connectivity index is 1.66. The molecule has 1 N–H and O–H groups in total. The maximum Gasteiger partial charge on any atom is 0.408 e. The number of rotatable bonds is 8. The van der Waals surface area contributed by atoms with Gasteiger partial charge in [0, 0.05) is 10.9 Å². The molecule has 3 aromatic rings. The molecule has 6 heteroatoms. The van der Waals surface area contributed by atoms with Gasteiger partial charge in [-0.05, 0) is 41.3 Å². The summed E-state index contributed by atoms with van der Waals surface area (Å²) in [7, 11) is 0. The molecule has 0 saturated carbocycles. The van der Waals surface area contributed by atoms with Crippen LogP contribution in [0, 0.1) is 6.92 Å². The predicted molar refractivity (Wildman–Crippen MR) is 122 cm³/mol. The molecule has 0 aliphatic heterocycles. The molecule has 0 radical (unpaired) electrons. The smallest absolute Gasteiger partial charge is 0.408 e. The van der Waals surface area contributed by atoms with Crippen molar-refractivity contribution in [3.8, 4) is 0 Å². The summed E-state index contributed by atoms with van der Waals surface area (Å²) in [5, 5.41) is 2.67. The molecule has 0 saturated heterocycles. The molecule has 160 valence electrons. The molecule has 0 heterocycles. The third kappa shape index (κ3) is 7.26. The Labute approximate surface area is 190 Å². The highest BCUT2D eigenvalue weighted by Gasteiger charge is 2.24. The van der Waals surface area contributed by atoms with Crippen molar-refractivity contribution < 1.29 is 19.1 Å². The number of nitrogens with one attached hydrogen (secondary N) is 1. The molecular formula is C25H24BrNO4. The van der Waals surface area contributed by atoms with Crippen LogP contribution >= 0.6 is 15.9 Å². The van der Waals surface area contributed by atoms with Gasteiger partial charge in [0.15, 0.2) is 0 Å². The third-order valence-electron chi connectivity index (χ3n) is 4.74. The summed E-state index contributed by atoms with van der Waals surface area (Å²) in [5.41, 5.74) is 3.69. The highest BCUT2D eigenvalue weighted by molar-refractivity contribution is 9.10. The second kappa shape index (κ2) is 11.3. The topological polar surface area (TPSA) is 64.6 Å². The van der Waals surface area contributed by atoms with E-state index < -0.39 is 18.1 Å². The van der Waals surface area contributed by atoms with Crippen LogP contribution in [-0.2, 0) is 33.9 Å². The Bertz CT molecular complexity index is 1010. The minimum atomic E-state index is -0.869. The summed E-state index contributed by atoms with van der Waals surface area (Å²) >= 11 is 3.44. The van der Waals surface area contributed by atoms with Gasteiger partial charge in [-0.3, -0.25) is 0 Å². The molecule has 31 heavy (non-hydrogen) atoms. The highest BCUT2D eigenvalue weighted by atomic mass is 79.9. The van der Waals surface area contributed by atoms with Gasteiger partial charge in [0.25, 0.3) is 0 Å². The van der Waals surface area contributed by atoms with Crippen molar-refractivity contribution in [1.29, 1.82) is 0 Å². The van der Waals surface area contributed by atoms with E-state index >= 15 is 0 Å². The summed E-state index contributed by atoms with van der Waals surface area (Å²) in [5.74, 6) is -0.511. The Hall–Kier alpha value is -3.12. The van der Waals surface area contributed by atoms with Crippen LogP contribution in [0.15, 0.2) is 83.3 Å². The number of benzene rings is 3. The third-order valence-corrected chi connectivity index (χ3v) is 5.24. The Kier molecular flexibility index (Phi) is 8.24. The van der Waals surface area contributed by atoms with E-state index in [1.54, 1.807) is 0 Å². The molecule has 3 aromatic carbocycles. The number of hydrogen-bond donors (Lipinski definition) is 1. The molecule has 0 spiro atoms. The van der Waals surface area contributed by atoms with E-state index in [1.807, 2.05) is 85.8 Å². The quantitative estimate of drug-likeness (QED) is 0.441. The first-order valence-electron chi connectivity index (χ1n) is 9.94. The van der Waals surface area contributed by atoms with Gasteiger partial charge in [-0.15, -0.1) is 0 Å². The molecule has 0 aliphatic carbocycles. The molecular weight excluding hydrogens is 458 g/mol. The van der Waals surface area contributed by atoms with Crippen molar-refractivity contribution in [2.75, 3.05) is 0 Å². The number of alkyl carbamates (subject to hydrolysis) is 1. The van der Waals surface area contributed by atoms with Crippen molar-refractivity contribution in [3.05, 3.63) is 106 Å². The summed E-state index contributed by atoms with van der Waals surface area (Å²) in [4.78, 5) is 25.2. The lowest BCUT2D eigenvalue weighted by Gasteiger charge is -2.19. The van der Waals surface area contributed by atoms with Crippen LogP contribution in [0.25, 0.3) is 0 Å². The normalized spacial score (nSPS) is 11.4. The maximum atomic E-state index is 12.8. The summed E-state index contributed by atoms with van der Waals surface area (Å²) in [6.45, 7) is 2.21. The van der Waals surface area contributed by atoms with E-state index in [0.717, 1.165) is 26.7 Å². The number of esters is 1. The molecule has 1 amide bonds. The standard InChI is InChI=1S/C25H24BrNO4/c1-18-14-22(26)13-12-21(18)15-23(24(28)30-16-19-8-4-2-5-9-19)27-25(29)31-17-20-10-6-3-7-11-20/h2-14,23H,15-17H2,1H3,(H,27,29). The summed E-state index contributed by atoms with van der Waals surface area (Å²) < 4.78 is 11.7. The van der Waals surface area contributed by atoms with E-state index in [9.17, 15) is 9.59 Å². The fourth-order valence-electron chi connectivity index (χ4n) is 3.04. The zero-order valence-corrected chi connectivity index (χ0v) is 18.8.